The molecule has 0 aromatic carbocycles. The zero-order chi connectivity index (χ0) is 7.90. The maximum absolute atomic E-state index is 9.53. The van der Waals surface area contributed by atoms with Crippen LogP contribution in [-0.4, -0.2) is 30.5 Å². The van der Waals surface area contributed by atoms with Crippen LogP contribution < -0.4 is 5.73 Å². The highest BCUT2D eigenvalue weighted by atomic mass is 16.5. The summed E-state index contributed by atoms with van der Waals surface area (Å²) in [7, 11) is 0. The average molecular weight is 157 g/mol. The van der Waals surface area contributed by atoms with Crippen molar-refractivity contribution in [2.45, 2.75) is 31.4 Å². The summed E-state index contributed by atoms with van der Waals surface area (Å²) >= 11 is 0. The fourth-order valence-electron chi connectivity index (χ4n) is 2.19. The summed E-state index contributed by atoms with van der Waals surface area (Å²) in [4.78, 5) is 0. The van der Waals surface area contributed by atoms with Gasteiger partial charge in [0, 0.05) is 18.1 Å². The van der Waals surface area contributed by atoms with Crippen LogP contribution in [0.3, 0.4) is 0 Å². The molecular formula is C8H15NO2. The molecule has 1 heterocycles. The number of hydrogen-bond acceptors (Lipinski definition) is 3. The van der Waals surface area contributed by atoms with E-state index in [2.05, 4.69) is 0 Å². The Kier molecular flexibility index (Phi) is 1.67. The molecule has 0 aromatic heterocycles. The van der Waals surface area contributed by atoms with Gasteiger partial charge in [-0.1, -0.05) is 0 Å². The molecule has 64 valence electrons. The molecule has 2 rings (SSSR count). The van der Waals surface area contributed by atoms with Crippen molar-refractivity contribution in [3.05, 3.63) is 0 Å². The van der Waals surface area contributed by atoms with Crippen LogP contribution in [0.15, 0.2) is 0 Å². The molecule has 11 heavy (non-hydrogen) atoms. The minimum atomic E-state index is -0.210. The van der Waals surface area contributed by atoms with E-state index < -0.39 is 0 Å². The van der Waals surface area contributed by atoms with Crippen LogP contribution in [0.2, 0.25) is 0 Å². The Morgan fingerprint density at radius 3 is 2.73 bits per heavy atom. The summed E-state index contributed by atoms with van der Waals surface area (Å²) in [5, 5.41) is 9.53. The monoisotopic (exact) mass is 157 g/mol. The summed E-state index contributed by atoms with van der Waals surface area (Å²) in [6.07, 6.45) is 2.63. The largest absolute Gasteiger partial charge is 0.392 e. The van der Waals surface area contributed by atoms with Gasteiger partial charge in [-0.2, -0.15) is 0 Å². The topological polar surface area (TPSA) is 55.5 Å². The third-order valence-corrected chi connectivity index (χ3v) is 3.18. The molecule has 1 aliphatic carbocycles. The summed E-state index contributed by atoms with van der Waals surface area (Å²) in [5.41, 5.74) is 5.77. The van der Waals surface area contributed by atoms with Gasteiger partial charge in [0.15, 0.2) is 0 Å². The Morgan fingerprint density at radius 1 is 1.55 bits per heavy atom. The van der Waals surface area contributed by atoms with Gasteiger partial charge in [0.1, 0.15) is 0 Å². The van der Waals surface area contributed by atoms with Crippen molar-refractivity contribution >= 4 is 0 Å². The molecule has 2 aliphatic rings. The van der Waals surface area contributed by atoms with Gasteiger partial charge in [-0.05, 0) is 19.3 Å². The van der Waals surface area contributed by atoms with Crippen molar-refractivity contribution < 1.29 is 9.84 Å². The van der Waals surface area contributed by atoms with Crippen molar-refractivity contribution in [3.8, 4) is 0 Å². The van der Waals surface area contributed by atoms with Gasteiger partial charge in [-0.25, -0.2) is 0 Å². The number of hydrogen-bond donors (Lipinski definition) is 2. The van der Waals surface area contributed by atoms with Crippen molar-refractivity contribution in [2.75, 3.05) is 13.2 Å². The predicted molar refractivity (Wildman–Crippen MR) is 41.1 cm³/mol. The number of ether oxygens (including phenoxy) is 1. The number of aliphatic hydroxyl groups excluding tert-OH is 1. The average Bonchev–Trinajstić information content (AvgIpc) is 2.07. The summed E-state index contributed by atoms with van der Waals surface area (Å²) in [6, 6.07) is 0.165. The van der Waals surface area contributed by atoms with Gasteiger partial charge in [0.25, 0.3) is 0 Å². The van der Waals surface area contributed by atoms with Crippen LogP contribution in [0, 0.1) is 5.41 Å². The first kappa shape index (κ1) is 7.53. The van der Waals surface area contributed by atoms with Crippen LogP contribution in [0.25, 0.3) is 0 Å². The minimum absolute atomic E-state index is 0.0712. The molecule has 1 aliphatic heterocycles. The maximum Gasteiger partial charge on any atom is 0.0648 e. The predicted octanol–water partition coefficient (Wildman–Crippen LogP) is -0.125. The van der Waals surface area contributed by atoms with Gasteiger partial charge < -0.3 is 15.6 Å². The van der Waals surface area contributed by atoms with Gasteiger partial charge in [-0.15, -0.1) is 0 Å². The van der Waals surface area contributed by atoms with E-state index in [1.54, 1.807) is 0 Å². The lowest BCUT2D eigenvalue weighted by Gasteiger charge is -2.53. The molecule has 0 amide bonds. The van der Waals surface area contributed by atoms with Crippen molar-refractivity contribution in [1.82, 2.24) is 0 Å². The smallest absolute Gasteiger partial charge is 0.0648 e. The van der Waals surface area contributed by atoms with Gasteiger partial charge in [0.05, 0.1) is 12.7 Å². The molecule has 1 saturated heterocycles. The van der Waals surface area contributed by atoms with E-state index >= 15 is 0 Å². The Hall–Kier alpha value is -0.120. The second-order valence-corrected chi connectivity index (χ2v) is 3.75. The van der Waals surface area contributed by atoms with Crippen LogP contribution in [0.1, 0.15) is 19.3 Å². The highest BCUT2D eigenvalue weighted by Crippen LogP contribution is 2.45. The van der Waals surface area contributed by atoms with E-state index in [9.17, 15) is 5.11 Å². The standard InChI is InChI=1S/C8H15NO2/c9-6-4-7(10)8(6)2-1-3-11-5-8/h6-7,10H,1-5,9H2. The van der Waals surface area contributed by atoms with Gasteiger partial charge >= 0.3 is 0 Å². The third kappa shape index (κ3) is 0.916. The number of aliphatic hydroxyl groups is 1. The zero-order valence-corrected chi connectivity index (χ0v) is 6.62. The molecule has 2 fully saturated rings. The van der Waals surface area contributed by atoms with Crippen molar-refractivity contribution in [3.63, 3.8) is 0 Å². The highest BCUT2D eigenvalue weighted by molar-refractivity contribution is 5.06. The second kappa shape index (κ2) is 2.44. The van der Waals surface area contributed by atoms with Crippen LogP contribution in [-0.2, 0) is 4.74 Å². The first-order valence-electron chi connectivity index (χ1n) is 4.27. The second-order valence-electron chi connectivity index (χ2n) is 3.75. The van der Waals surface area contributed by atoms with Crippen LogP contribution in [0.5, 0.6) is 0 Å². The lowest BCUT2D eigenvalue weighted by atomic mass is 9.60. The van der Waals surface area contributed by atoms with Gasteiger partial charge in [-0.3, -0.25) is 0 Å². The molecule has 1 saturated carbocycles. The molecular weight excluding hydrogens is 142 g/mol. The Morgan fingerprint density at radius 2 is 2.36 bits per heavy atom. The fourth-order valence-corrected chi connectivity index (χ4v) is 2.19. The molecule has 3 atom stereocenters. The van der Waals surface area contributed by atoms with Gasteiger partial charge in [0.2, 0.25) is 0 Å². The van der Waals surface area contributed by atoms with E-state index in [1.807, 2.05) is 0 Å². The Balaban J connectivity index is 2.06. The van der Waals surface area contributed by atoms with Crippen molar-refractivity contribution in [2.24, 2.45) is 11.1 Å². The van der Waals surface area contributed by atoms with E-state index in [0.29, 0.717) is 6.61 Å². The van der Waals surface area contributed by atoms with E-state index in [-0.39, 0.29) is 17.6 Å². The third-order valence-electron chi connectivity index (χ3n) is 3.18. The minimum Gasteiger partial charge on any atom is -0.392 e. The summed E-state index contributed by atoms with van der Waals surface area (Å²) in [5.74, 6) is 0. The quantitative estimate of drug-likeness (QED) is 0.515. The van der Waals surface area contributed by atoms with Crippen molar-refractivity contribution in [1.29, 1.82) is 0 Å². The highest BCUT2D eigenvalue weighted by Gasteiger charge is 2.53. The SMILES string of the molecule is NC1CC(O)C12CCCOC2. The lowest BCUT2D eigenvalue weighted by Crippen LogP contribution is -2.64. The van der Waals surface area contributed by atoms with E-state index in [0.717, 1.165) is 25.9 Å². The molecule has 3 unspecified atom stereocenters. The number of rotatable bonds is 0. The molecule has 0 aromatic rings. The summed E-state index contributed by atoms with van der Waals surface area (Å²) < 4.78 is 5.33. The van der Waals surface area contributed by atoms with Crippen LogP contribution >= 0.6 is 0 Å². The lowest BCUT2D eigenvalue weighted by molar-refractivity contribution is -0.155. The van der Waals surface area contributed by atoms with E-state index in [1.165, 1.54) is 0 Å². The fraction of sp³-hybridized carbons (Fsp3) is 1.00. The first-order valence-corrected chi connectivity index (χ1v) is 4.27. The zero-order valence-electron chi connectivity index (χ0n) is 6.62. The molecule has 3 heteroatoms. The Bertz CT molecular complexity index is 144. The molecule has 3 nitrogen and oxygen atoms in total. The maximum atomic E-state index is 9.53. The molecule has 3 N–H and O–H groups in total. The molecule has 0 bridgehead atoms. The summed E-state index contributed by atoms with van der Waals surface area (Å²) in [6.45, 7) is 1.50. The normalized spacial score (nSPS) is 50.7. The van der Waals surface area contributed by atoms with Crippen LogP contribution in [0.4, 0.5) is 0 Å². The molecule has 0 radical (unpaired) electrons. The van der Waals surface area contributed by atoms with E-state index in [4.69, 9.17) is 10.5 Å². The number of nitrogens with two attached hydrogens (primary N) is 1. The Labute approximate surface area is 66.5 Å². The molecule has 1 spiro atoms. The first-order chi connectivity index (χ1) is 5.26.